The van der Waals surface area contributed by atoms with E-state index >= 15 is 0 Å². The van der Waals surface area contributed by atoms with Crippen molar-refractivity contribution in [3.8, 4) is 0 Å². The number of rotatable bonds is 4. The number of H-pyrrole nitrogens is 1. The number of nitrogens with one attached hydrogen (secondary N) is 2. The lowest BCUT2D eigenvalue weighted by molar-refractivity contribution is 0.550. The Hall–Kier alpha value is -1.39. The van der Waals surface area contributed by atoms with Crippen LogP contribution in [0, 0.1) is 5.82 Å². The van der Waals surface area contributed by atoms with Gasteiger partial charge in [0.15, 0.2) is 0 Å². The van der Waals surface area contributed by atoms with Crippen molar-refractivity contribution in [2.45, 2.75) is 19.5 Å². The first-order chi connectivity index (χ1) is 8.16. The molecule has 0 aliphatic carbocycles. The number of halogens is 2. The maximum absolute atomic E-state index is 12.8. The van der Waals surface area contributed by atoms with Gasteiger partial charge in [0.25, 0.3) is 0 Å². The molecule has 2 aromatic rings. The summed E-state index contributed by atoms with van der Waals surface area (Å²) >= 11 is 5.93. The molecule has 2 rings (SSSR count). The molecule has 1 aromatic heterocycles. The molecular weight excluding hydrogens is 241 g/mol. The zero-order valence-corrected chi connectivity index (χ0v) is 10.1. The average Bonchev–Trinajstić information content (AvgIpc) is 2.81. The predicted octanol–water partition coefficient (Wildman–Crippen LogP) is 3.05. The summed E-state index contributed by atoms with van der Waals surface area (Å²) in [5.74, 6) is 0.543. The van der Waals surface area contributed by atoms with Crippen LogP contribution in [0.15, 0.2) is 30.6 Å². The summed E-state index contributed by atoms with van der Waals surface area (Å²) in [4.78, 5) is 7.18. The lowest BCUT2D eigenvalue weighted by atomic mass is 10.2. The highest BCUT2D eigenvalue weighted by atomic mass is 35.5. The summed E-state index contributed by atoms with van der Waals surface area (Å²) in [6, 6.07) is 4.49. The third kappa shape index (κ3) is 3.05. The molecule has 1 heterocycles. The Kier molecular flexibility index (Phi) is 3.76. The van der Waals surface area contributed by atoms with Crippen molar-refractivity contribution in [1.29, 1.82) is 0 Å². The summed E-state index contributed by atoms with van der Waals surface area (Å²) in [5, 5.41) is 3.70. The number of aromatic amines is 1. The van der Waals surface area contributed by atoms with Crippen molar-refractivity contribution in [3.63, 3.8) is 0 Å². The van der Waals surface area contributed by atoms with Crippen LogP contribution in [-0.4, -0.2) is 9.97 Å². The molecule has 0 fully saturated rings. The second-order valence-electron chi connectivity index (χ2n) is 3.81. The fraction of sp³-hybridized carbons (Fsp3) is 0.250. The van der Waals surface area contributed by atoms with Crippen LogP contribution in [0.25, 0.3) is 0 Å². The topological polar surface area (TPSA) is 40.7 Å². The van der Waals surface area contributed by atoms with Gasteiger partial charge in [-0.3, -0.25) is 0 Å². The molecular formula is C12H13ClFN3. The van der Waals surface area contributed by atoms with Gasteiger partial charge < -0.3 is 10.3 Å². The average molecular weight is 254 g/mol. The van der Waals surface area contributed by atoms with Crippen molar-refractivity contribution in [1.82, 2.24) is 15.3 Å². The van der Waals surface area contributed by atoms with E-state index in [9.17, 15) is 4.39 Å². The molecule has 0 radical (unpaired) electrons. The zero-order chi connectivity index (χ0) is 12.3. The third-order valence-electron chi connectivity index (χ3n) is 2.54. The van der Waals surface area contributed by atoms with Gasteiger partial charge in [-0.15, -0.1) is 0 Å². The zero-order valence-electron chi connectivity index (χ0n) is 9.37. The molecule has 0 saturated carbocycles. The molecule has 1 unspecified atom stereocenters. The van der Waals surface area contributed by atoms with Gasteiger partial charge in [0.2, 0.25) is 0 Å². The monoisotopic (exact) mass is 253 g/mol. The first kappa shape index (κ1) is 12.1. The van der Waals surface area contributed by atoms with Crippen molar-refractivity contribution in [2.24, 2.45) is 0 Å². The quantitative estimate of drug-likeness (QED) is 0.879. The van der Waals surface area contributed by atoms with Gasteiger partial charge in [0, 0.05) is 24.0 Å². The Morgan fingerprint density at radius 1 is 1.53 bits per heavy atom. The first-order valence-corrected chi connectivity index (χ1v) is 5.71. The summed E-state index contributed by atoms with van der Waals surface area (Å²) in [7, 11) is 0. The number of nitrogens with zero attached hydrogens (tertiary/aromatic N) is 1. The Morgan fingerprint density at radius 3 is 3.00 bits per heavy atom. The normalized spacial score (nSPS) is 12.6. The lowest BCUT2D eigenvalue weighted by Crippen LogP contribution is -2.19. The molecule has 1 aromatic carbocycles. The van der Waals surface area contributed by atoms with Crippen molar-refractivity contribution >= 4 is 11.6 Å². The van der Waals surface area contributed by atoms with Crippen LogP contribution >= 0.6 is 11.6 Å². The Labute approximate surface area is 104 Å². The van der Waals surface area contributed by atoms with Crippen LogP contribution in [0.5, 0.6) is 0 Å². The first-order valence-electron chi connectivity index (χ1n) is 5.33. The van der Waals surface area contributed by atoms with Crippen LogP contribution in [0.2, 0.25) is 5.02 Å². The molecule has 2 N–H and O–H groups in total. The van der Waals surface area contributed by atoms with Gasteiger partial charge in [-0.2, -0.15) is 0 Å². The van der Waals surface area contributed by atoms with Gasteiger partial charge in [0.1, 0.15) is 11.6 Å². The van der Waals surface area contributed by atoms with E-state index in [1.54, 1.807) is 18.5 Å². The molecule has 3 nitrogen and oxygen atoms in total. The van der Waals surface area contributed by atoms with Crippen LogP contribution in [0.4, 0.5) is 4.39 Å². The molecule has 0 bridgehead atoms. The van der Waals surface area contributed by atoms with E-state index in [-0.39, 0.29) is 11.9 Å². The highest BCUT2D eigenvalue weighted by Gasteiger charge is 2.08. The SMILES string of the molecule is CC(NCc1ccc(F)cc1Cl)c1ncc[nH]1. The predicted molar refractivity (Wildman–Crippen MR) is 65.3 cm³/mol. The Morgan fingerprint density at radius 2 is 2.35 bits per heavy atom. The van der Waals surface area contributed by atoms with E-state index in [4.69, 9.17) is 11.6 Å². The number of aromatic nitrogens is 2. The van der Waals surface area contributed by atoms with Crippen LogP contribution in [-0.2, 0) is 6.54 Å². The molecule has 5 heteroatoms. The molecule has 0 aliphatic rings. The highest BCUT2D eigenvalue weighted by molar-refractivity contribution is 6.31. The van der Waals surface area contributed by atoms with E-state index in [2.05, 4.69) is 15.3 Å². The molecule has 0 amide bonds. The van der Waals surface area contributed by atoms with Crippen LogP contribution in [0.3, 0.4) is 0 Å². The molecule has 0 spiro atoms. The minimum atomic E-state index is -0.321. The molecule has 1 atom stereocenters. The van der Waals surface area contributed by atoms with E-state index in [0.29, 0.717) is 11.6 Å². The fourth-order valence-electron chi connectivity index (χ4n) is 1.54. The maximum Gasteiger partial charge on any atom is 0.124 e. The summed E-state index contributed by atoms with van der Waals surface area (Å²) in [6.07, 6.45) is 3.48. The number of hydrogen-bond donors (Lipinski definition) is 2. The summed E-state index contributed by atoms with van der Waals surface area (Å²) in [6.45, 7) is 2.57. The van der Waals surface area contributed by atoms with E-state index in [1.165, 1.54) is 12.1 Å². The van der Waals surface area contributed by atoms with Crippen molar-refractivity contribution < 1.29 is 4.39 Å². The Bertz CT molecular complexity index is 485. The lowest BCUT2D eigenvalue weighted by Gasteiger charge is -2.12. The fourth-order valence-corrected chi connectivity index (χ4v) is 1.77. The van der Waals surface area contributed by atoms with Crippen LogP contribution < -0.4 is 5.32 Å². The van der Waals surface area contributed by atoms with Gasteiger partial charge >= 0.3 is 0 Å². The van der Waals surface area contributed by atoms with Gasteiger partial charge in [-0.1, -0.05) is 17.7 Å². The smallest absolute Gasteiger partial charge is 0.124 e. The third-order valence-corrected chi connectivity index (χ3v) is 2.90. The van der Waals surface area contributed by atoms with Gasteiger partial charge in [-0.25, -0.2) is 9.37 Å². The Balaban J connectivity index is 1.98. The molecule has 90 valence electrons. The van der Waals surface area contributed by atoms with E-state index < -0.39 is 0 Å². The van der Waals surface area contributed by atoms with Crippen molar-refractivity contribution in [2.75, 3.05) is 0 Å². The van der Waals surface area contributed by atoms with Crippen LogP contribution in [0.1, 0.15) is 24.4 Å². The minimum absolute atomic E-state index is 0.0890. The standard InChI is InChI=1S/C12H13ClFN3/c1-8(12-15-4-5-16-12)17-7-9-2-3-10(14)6-11(9)13/h2-6,8,17H,7H2,1H3,(H,15,16). The molecule has 0 saturated heterocycles. The number of imidazole rings is 1. The second kappa shape index (κ2) is 5.29. The largest absolute Gasteiger partial charge is 0.347 e. The molecule has 17 heavy (non-hydrogen) atoms. The van der Waals surface area contributed by atoms with E-state index in [0.717, 1.165) is 11.4 Å². The molecule has 0 aliphatic heterocycles. The van der Waals surface area contributed by atoms with Gasteiger partial charge in [-0.05, 0) is 24.6 Å². The number of hydrogen-bond acceptors (Lipinski definition) is 2. The minimum Gasteiger partial charge on any atom is -0.347 e. The highest BCUT2D eigenvalue weighted by Crippen LogP contribution is 2.18. The van der Waals surface area contributed by atoms with Gasteiger partial charge in [0.05, 0.1) is 6.04 Å². The second-order valence-corrected chi connectivity index (χ2v) is 4.22. The summed E-state index contributed by atoms with van der Waals surface area (Å²) in [5.41, 5.74) is 0.867. The maximum atomic E-state index is 12.8. The van der Waals surface area contributed by atoms with E-state index in [1.807, 2.05) is 6.92 Å². The van der Waals surface area contributed by atoms with Crippen molar-refractivity contribution in [3.05, 3.63) is 52.8 Å². The number of benzene rings is 1. The summed E-state index contributed by atoms with van der Waals surface area (Å²) < 4.78 is 12.8.